The Bertz CT molecular complexity index is 1160. The maximum atomic E-state index is 13.8. The Kier molecular flexibility index (Phi) is 8.21. The fraction of sp³-hybridized carbons (Fsp3) is 0.444. The fourth-order valence-corrected chi connectivity index (χ4v) is 6.85. The lowest BCUT2D eigenvalue weighted by atomic mass is 9.87. The quantitative estimate of drug-likeness (QED) is 0.463. The van der Waals surface area contributed by atoms with Crippen LogP contribution in [0.5, 0.6) is 5.75 Å². The van der Waals surface area contributed by atoms with Crippen LogP contribution in [-0.4, -0.2) is 37.9 Å². The summed E-state index contributed by atoms with van der Waals surface area (Å²) in [4.78, 5) is 11.9. The predicted octanol–water partition coefficient (Wildman–Crippen LogP) is 5.38. The molecular weight excluding hydrogens is 450 g/mol. The minimum atomic E-state index is -3.67. The first kappa shape index (κ1) is 26.0. The van der Waals surface area contributed by atoms with Crippen molar-refractivity contribution in [1.29, 1.82) is 0 Å². The normalized spacial score (nSPS) is 22.0. The molecule has 0 radical (unpaired) electrons. The Morgan fingerprint density at radius 2 is 1.91 bits per heavy atom. The maximum Gasteiger partial charge on any atom is 0.331 e. The zero-order valence-corrected chi connectivity index (χ0v) is 21.2. The summed E-state index contributed by atoms with van der Waals surface area (Å²) in [6.07, 6.45) is 5.14. The summed E-state index contributed by atoms with van der Waals surface area (Å²) in [5.74, 6) is -0.598. The number of aliphatic carboxylic acids is 1. The van der Waals surface area contributed by atoms with E-state index in [0.29, 0.717) is 29.7 Å². The van der Waals surface area contributed by atoms with E-state index in [9.17, 15) is 18.3 Å². The van der Waals surface area contributed by atoms with E-state index in [1.165, 1.54) is 13.2 Å². The molecule has 0 fully saturated rings. The number of carboxylic acids is 1. The van der Waals surface area contributed by atoms with Gasteiger partial charge >= 0.3 is 5.97 Å². The van der Waals surface area contributed by atoms with Crippen molar-refractivity contribution < 1.29 is 23.1 Å². The lowest BCUT2D eigenvalue weighted by Gasteiger charge is -2.36. The van der Waals surface area contributed by atoms with Gasteiger partial charge in [-0.2, -0.15) is 0 Å². The summed E-state index contributed by atoms with van der Waals surface area (Å²) in [7, 11) is -2.16. The van der Waals surface area contributed by atoms with E-state index in [4.69, 9.17) is 4.74 Å². The molecule has 0 bridgehead atoms. The Hall–Kier alpha value is -2.64. The number of methoxy groups -OCH3 is 1. The average Bonchev–Trinajstić information content (AvgIpc) is 2.93. The highest BCUT2D eigenvalue weighted by Crippen LogP contribution is 2.41. The fourth-order valence-electron chi connectivity index (χ4n) is 4.69. The van der Waals surface area contributed by atoms with Crippen molar-refractivity contribution in [3.8, 4) is 5.75 Å². The number of benzene rings is 2. The van der Waals surface area contributed by atoms with Gasteiger partial charge in [0.2, 0.25) is 0 Å². The van der Waals surface area contributed by atoms with E-state index < -0.39 is 21.3 Å². The van der Waals surface area contributed by atoms with Crippen molar-refractivity contribution in [2.75, 3.05) is 12.9 Å². The number of rotatable bonds is 9. The van der Waals surface area contributed by atoms with Crippen LogP contribution in [0.3, 0.4) is 0 Å². The topological polar surface area (TPSA) is 92.7 Å². The second-order valence-electron chi connectivity index (χ2n) is 8.94. The molecule has 2 aromatic carbocycles. The number of carbonyl (C=O) groups is 1. The van der Waals surface area contributed by atoms with E-state index in [0.717, 1.165) is 24.8 Å². The Morgan fingerprint density at radius 1 is 1.21 bits per heavy atom. The molecule has 0 spiro atoms. The first-order chi connectivity index (χ1) is 16.2. The van der Waals surface area contributed by atoms with E-state index in [-0.39, 0.29) is 22.3 Å². The molecule has 3 rings (SSSR count). The van der Waals surface area contributed by atoms with Gasteiger partial charge in [0.25, 0.3) is 0 Å². The number of hydrogen-bond acceptors (Lipinski definition) is 5. The molecule has 1 aliphatic heterocycles. The van der Waals surface area contributed by atoms with Crippen LogP contribution in [-0.2, 0) is 14.6 Å². The standard InChI is InChI=1S/C27H35NO5S/c1-5-8-14-27(7-3)18-34(31,32)24-16-21(15-19(6-2)26(29)30)23(33-4)17-22(24)25(28-27)20-12-10-9-11-13-20/h9-13,15-17,25,28H,5-8,14,18H2,1-4H3,(H,29,30)/t25-,27-/m1/s1. The Balaban J connectivity index is 2.31. The molecular formula is C27H35NO5S. The molecule has 0 saturated carbocycles. The minimum absolute atomic E-state index is 0.0120. The second kappa shape index (κ2) is 10.7. The second-order valence-corrected chi connectivity index (χ2v) is 10.9. The third-order valence-electron chi connectivity index (χ3n) is 6.73. The van der Waals surface area contributed by atoms with Crippen molar-refractivity contribution in [2.45, 2.75) is 69.4 Å². The van der Waals surface area contributed by atoms with Crippen molar-refractivity contribution in [3.63, 3.8) is 0 Å². The number of nitrogens with one attached hydrogen (secondary N) is 1. The maximum absolute atomic E-state index is 13.8. The van der Waals surface area contributed by atoms with Crippen LogP contribution in [0.15, 0.2) is 52.9 Å². The van der Waals surface area contributed by atoms with Crippen LogP contribution in [0.2, 0.25) is 0 Å². The Labute approximate surface area is 203 Å². The van der Waals surface area contributed by atoms with Gasteiger partial charge in [0.05, 0.1) is 23.8 Å². The summed E-state index contributed by atoms with van der Waals surface area (Å²) in [6.45, 7) is 5.89. The van der Waals surface area contributed by atoms with E-state index in [2.05, 4.69) is 12.2 Å². The number of ether oxygens (including phenoxy) is 1. The molecule has 6 nitrogen and oxygen atoms in total. The first-order valence-electron chi connectivity index (χ1n) is 11.9. The van der Waals surface area contributed by atoms with E-state index in [1.54, 1.807) is 19.1 Å². The molecule has 184 valence electrons. The summed E-state index contributed by atoms with van der Waals surface area (Å²) < 4.78 is 33.3. The number of hydrogen-bond donors (Lipinski definition) is 2. The predicted molar refractivity (Wildman–Crippen MR) is 135 cm³/mol. The summed E-state index contributed by atoms with van der Waals surface area (Å²) in [5.41, 5.74) is 1.66. The zero-order chi connectivity index (χ0) is 24.9. The SMILES string of the molecule is CCCC[C@]1(CC)CS(=O)(=O)c2cc(C=C(CC)C(=O)O)c(OC)cc2[C@@H](c2ccccc2)N1. The number of sulfone groups is 1. The molecule has 34 heavy (non-hydrogen) atoms. The van der Waals surface area contributed by atoms with Crippen LogP contribution in [0, 0.1) is 0 Å². The molecule has 0 aromatic heterocycles. The highest BCUT2D eigenvalue weighted by atomic mass is 32.2. The molecule has 0 aliphatic carbocycles. The molecule has 0 amide bonds. The monoisotopic (exact) mass is 485 g/mol. The van der Waals surface area contributed by atoms with Crippen LogP contribution < -0.4 is 10.1 Å². The number of carboxylic acid groups (broad SMARTS) is 1. The molecule has 0 unspecified atom stereocenters. The van der Waals surface area contributed by atoms with Crippen molar-refractivity contribution in [3.05, 3.63) is 64.7 Å². The minimum Gasteiger partial charge on any atom is -0.496 e. The summed E-state index contributed by atoms with van der Waals surface area (Å²) in [6, 6.07) is 12.8. The molecule has 2 N–H and O–H groups in total. The third kappa shape index (κ3) is 5.36. The average molecular weight is 486 g/mol. The smallest absolute Gasteiger partial charge is 0.331 e. The molecule has 2 aromatic rings. The van der Waals surface area contributed by atoms with Crippen LogP contribution in [0.4, 0.5) is 0 Å². The van der Waals surface area contributed by atoms with Crippen molar-refractivity contribution in [1.82, 2.24) is 5.32 Å². The number of fused-ring (bicyclic) bond motifs is 1. The van der Waals surface area contributed by atoms with Crippen molar-refractivity contribution >= 4 is 21.9 Å². The van der Waals surface area contributed by atoms with Crippen LogP contribution >= 0.6 is 0 Å². The largest absolute Gasteiger partial charge is 0.496 e. The van der Waals surface area contributed by atoms with Gasteiger partial charge in [-0.3, -0.25) is 5.32 Å². The molecule has 7 heteroatoms. The molecule has 1 aliphatic rings. The molecule has 0 saturated heterocycles. The van der Waals surface area contributed by atoms with Gasteiger partial charge in [0.1, 0.15) is 5.75 Å². The van der Waals surface area contributed by atoms with Gasteiger partial charge in [-0.25, -0.2) is 13.2 Å². The molecule has 1 heterocycles. The summed E-state index contributed by atoms with van der Waals surface area (Å²) >= 11 is 0. The highest BCUT2D eigenvalue weighted by molar-refractivity contribution is 7.91. The van der Waals surface area contributed by atoms with Gasteiger partial charge < -0.3 is 9.84 Å². The van der Waals surface area contributed by atoms with E-state index >= 15 is 0 Å². The van der Waals surface area contributed by atoms with Crippen LogP contribution in [0.25, 0.3) is 6.08 Å². The molecule has 2 atom stereocenters. The van der Waals surface area contributed by atoms with Gasteiger partial charge in [-0.1, -0.05) is 63.9 Å². The van der Waals surface area contributed by atoms with Crippen molar-refractivity contribution in [2.24, 2.45) is 0 Å². The lowest BCUT2D eigenvalue weighted by Crippen LogP contribution is -2.50. The first-order valence-corrected chi connectivity index (χ1v) is 13.6. The van der Waals surface area contributed by atoms with Crippen LogP contribution in [0.1, 0.15) is 75.6 Å². The Morgan fingerprint density at radius 3 is 2.47 bits per heavy atom. The highest BCUT2D eigenvalue weighted by Gasteiger charge is 2.42. The van der Waals surface area contributed by atoms with Gasteiger partial charge in [-0.15, -0.1) is 0 Å². The van der Waals surface area contributed by atoms with Gasteiger partial charge in [0.15, 0.2) is 9.84 Å². The summed E-state index contributed by atoms with van der Waals surface area (Å²) in [5, 5.41) is 13.3. The van der Waals surface area contributed by atoms with Gasteiger partial charge in [0, 0.05) is 16.7 Å². The lowest BCUT2D eigenvalue weighted by molar-refractivity contribution is -0.132. The number of unbranched alkanes of at least 4 members (excludes halogenated alkanes) is 1. The van der Waals surface area contributed by atoms with Gasteiger partial charge in [-0.05, 0) is 48.6 Å². The third-order valence-corrected chi connectivity index (χ3v) is 8.69. The van der Waals surface area contributed by atoms with E-state index in [1.807, 2.05) is 37.3 Å². The zero-order valence-electron chi connectivity index (χ0n) is 20.4.